The molecule has 5 nitrogen and oxygen atoms in total. The minimum atomic E-state index is -4.89. The minimum absolute atomic E-state index is 0.0379. The SMILES string of the molecule is Cc1cc(S(=O)(=O)Cl)cc(Cl)c1NS(=O)(=O)C(F)F. The number of sulfonamides is 1. The molecule has 0 heterocycles. The second-order valence-corrected chi connectivity index (χ2v) is 8.07. The van der Waals surface area contributed by atoms with Crippen molar-refractivity contribution in [2.75, 3.05) is 4.72 Å². The Labute approximate surface area is 118 Å². The van der Waals surface area contributed by atoms with Crippen LogP contribution in [0.3, 0.4) is 0 Å². The van der Waals surface area contributed by atoms with E-state index in [1.807, 2.05) is 0 Å². The zero-order chi connectivity index (χ0) is 15.0. The lowest BCUT2D eigenvalue weighted by atomic mass is 10.2. The molecule has 1 N–H and O–H groups in total. The fourth-order valence-corrected chi connectivity index (χ4v) is 3.09. The molecule has 0 saturated heterocycles. The van der Waals surface area contributed by atoms with Gasteiger partial charge in [-0.3, -0.25) is 4.72 Å². The molecule has 0 atom stereocenters. The summed E-state index contributed by atoms with van der Waals surface area (Å²) in [6, 6.07) is 1.87. The minimum Gasteiger partial charge on any atom is -0.277 e. The number of alkyl halides is 2. The summed E-state index contributed by atoms with van der Waals surface area (Å²) >= 11 is 5.66. The molecule has 0 spiro atoms. The van der Waals surface area contributed by atoms with Crippen molar-refractivity contribution in [2.45, 2.75) is 17.6 Å². The van der Waals surface area contributed by atoms with Crippen LogP contribution in [0.25, 0.3) is 0 Å². The molecule has 0 unspecified atom stereocenters. The first-order chi connectivity index (χ1) is 8.45. The van der Waals surface area contributed by atoms with Crippen molar-refractivity contribution in [3.05, 3.63) is 22.7 Å². The zero-order valence-electron chi connectivity index (χ0n) is 9.19. The van der Waals surface area contributed by atoms with Crippen molar-refractivity contribution in [1.29, 1.82) is 0 Å². The highest BCUT2D eigenvalue weighted by Gasteiger charge is 2.26. The van der Waals surface area contributed by atoms with Crippen molar-refractivity contribution in [3.63, 3.8) is 0 Å². The Hall–Kier alpha value is -0.640. The highest BCUT2D eigenvalue weighted by Crippen LogP contribution is 2.32. The Kier molecular flexibility index (Phi) is 4.66. The molecule has 0 bridgehead atoms. The van der Waals surface area contributed by atoms with Gasteiger partial charge in [-0.2, -0.15) is 8.78 Å². The molecule has 0 aliphatic heterocycles. The molecule has 0 aromatic heterocycles. The van der Waals surface area contributed by atoms with Crippen LogP contribution in [0.1, 0.15) is 5.56 Å². The average Bonchev–Trinajstić information content (AvgIpc) is 2.21. The topological polar surface area (TPSA) is 80.3 Å². The Morgan fingerprint density at radius 3 is 2.11 bits per heavy atom. The van der Waals surface area contributed by atoms with Gasteiger partial charge in [-0.1, -0.05) is 11.6 Å². The number of anilines is 1. The Bertz CT molecular complexity index is 680. The zero-order valence-corrected chi connectivity index (χ0v) is 12.3. The van der Waals surface area contributed by atoms with Crippen molar-refractivity contribution >= 4 is 47.0 Å². The van der Waals surface area contributed by atoms with Crippen molar-refractivity contribution < 1.29 is 25.6 Å². The lowest BCUT2D eigenvalue weighted by Gasteiger charge is -2.12. The Balaban J connectivity index is 3.35. The van der Waals surface area contributed by atoms with Gasteiger partial charge in [0, 0.05) is 10.7 Å². The summed E-state index contributed by atoms with van der Waals surface area (Å²) in [5, 5.41) is -0.358. The van der Waals surface area contributed by atoms with E-state index in [9.17, 15) is 25.6 Å². The van der Waals surface area contributed by atoms with E-state index in [0.29, 0.717) is 0 Å². The third-order valence-corrected chi connectivity index (χ3v) is 4.61. The van der Waals surface area contributed by atoms with Crippen LogP contribution in [0.15, 0.2) is 17.0 Å². The molecule has 11 heteroatoms. The highest BCUT2D eigenvalue weighted by atomic mass is 35.7. The maximum Gasteiger partial charge on any atom is 0.355 e. The van der Waals surface area contributed by atoms with Gasteiger partial charge in [-0.25, -0.2) is 16.8 Å². The molecule has 0 aliphatic rings. The lowest BCUT2D eigenvalue weighted by molar-refractivity contribution is 0.236. The largest absolute Gasteiger partial charge is 0.355 e. The molecule has 19 heavy (non-hydrogen) atoms. The van der Waals surface area contributed by atoms with E-state index >= 15 is 0 Å². The number of rotatable bonds is 4. The molecule has 1 rings (SSSR count). The second kappa shape index (κ2) is 5.39. The molecule has 0 saturated carbocycles. The summed E-state index contributed by atoms with van der Waals surface area (Å²) in [5.74, 6) is -3.64. The van der Waals surface area contributed by atoms with Gasteiger partial charge in [0.2, 0.25) is 0 Å². The molecule has 0 radical (unpaired) electrons. The van der Waals surface area contributed by atoms with Gasteiger partial charge in [-0.15, -0.1) is 0 Å². The normalized spacial score (nSPS) is 12.7. The monoisotopic (exact) mass is 353 g/mol. The molecular weight excluding hydrogens is 347 g/mol. The van der Waals surface area contributed by atoms with Crippen molar-refractivity contribution in [1.82, 2.24) is 0 Å². The van der Waals surface area contributed by atoms with E-state index in [1.54, 1.807) is 4.72 Å². The average molecular weight is 354 g/mol. The standard InChI is InChI=1S/C8H7Cl2F2NO4S2/c1-4-2-5(18(10,14)15)3-6(9)7(4)13-19(16,17)8(11)12/h2-3,8,13H,1H3. The first-order valence-corrected chi connectivity index (χ1v) is 8.73. The number of hydrogen-bond acceptors (Lipinski definition) is 4. The van der Waals surface area contributed by atoms with Crippen LogP contribution < -0.4 is 4.72 Å². The molecule has 1 aromatic rings. The molecule has 108 valence electrons. The number of aryl methyl sites for hydroxylation is 1. The van der Waals surface area contributed by atoms with E-state index in [-0.39, 0.29) is 21.2 Å². The molecule has 1 aromatic carbocycles. The van der Waals surface area contributed by atoms with Crippen molar-refractivity contribution in [2.24, 2.45) is 0 Å². The maximum atomic E-state index is 12.2. The van der Waals surface area contributed by atoms with E-state index in [0.717, 1.165) is 12.1 Å². The summed E-state index contributed by atoms with van der Waals surface area (Å²) in [6.45, 7) is 1.29. The summed E-state index contributed by atoms with van der Waals surface area (Å²) in [6.07, 6.45) is 0. The third-order valence-electron chi connectivity index (χ3n) is 2.02. The van der Waals surface area contributed by atoms with Crippen LogP contribution in [0, 0.1) is 6.92 Å². The summed E-state index contributed by atoms with van der Waals surface area (Å²) in [4.78, 5) is -0.364. The van der Waals surface area contributed by atoms with E-state index in [1.165, 1.54) is 6.92 Å². The number of nitrogens with one attached hydrogen (secondary N) is 1. The first kappa shape index (κ1) is 16.4. The second-order valence-electron chi connectivity index (χ2n) is 3.44. The number of halogens is 4. The molecule has 0 aliphatic carbocycles. The van der Waals surface area contributed by atoms with E-state index in [2.05, 4.69) is 0 Å². The van der Waals surface area contributed by atoms with Crippen LogP contribution in [0.5, 0.6) is 0 Å². The van der Waals surface area contributed by atoms with Crippen molar-refractivity contribution in [3.8, 4) is 0 Å². The van der Waals surface area contributed by atoms with Gasteiger partial charge in [-0.05, 0) is 24.6 Å². The molecular formula is C8H7Cl2F2NO4S2. The van der Waals surface area contributed by atoms with Crippen LogP contribution in [-0.2, 0) is 19.1 Å². The van der Waals surface area contributed by atoms with E-state index < -0.39 is 24.8 Å². The molecule has 0 fully saturated rings. The smallest absolute Gasteiger partial charge is 0.277 e. The van der Waals surface area contributed by atoms with Gasteiger partial charge in [0.05, 0.1) is 15.6 Å². The van der Waals surface area contributed by atoms with Crippen LogP contribution in [0.4, 0.5) is 14.5 Å². The molecule has 0 amide bonds. The summed E-state index contributed by atoms with van der Waals surface area (Å²) < 4.78 is 70.2. The Morgan fingerprint density at radius 1 is 1.21 bits per heavy atom. The van der Waals surface area contributed by atoms with Crippen LogP contribution >= 0.6 is 22.3 Å². The quantitative estimate of drug-likeness (QED) is 0.843. The third kappa shape index (κ3) is 3.91. The van der Waals surface area contributed by atoms with Crippen LogP contribution in [0.2, 0.25) is 5.02 Å². The highest BCUT2D eigenvalue weighted by molar-refractivity contribution is 8.13. The number of benzene rings is 1. The first-order valence-electron chi connectivity index (χ1n) is 4.50. The Morgan fingerprint density at radius 2 is 1.74 bits per heavy atom. The van der Waals surface area contributed by atoms with E-state index in [4.69, 9.17) is 22.3 Å². The van der Waals surface area contributed by atoms with Gasteiger partial charge in [0.25, 0.3) is 19.1 Å². The predicted molar refractivity (Wildman–Crippen MR) is 67.8 cm³/mol. The fourth-order valence-electron chi connectivity index (χ4n) is 1.17. The summed E-state index contributed by atoms with van der Waals surface area (Å²) in [7, 11) is -3.86. The van der Waals surface area contributed by atoms with Crippen LogP contribution in [-0.4, -0.2) is 22.6 Å². The van der Waals surface area contributed by atoms with Gasteiger partial charge in [0.15, 0.2) is 0 Å². The summed E-state index contributed by atoms with van der Waals surface area (Å²) in [5.41, 5.74) is -0.290. The number of hydrogen-bond donors (Lipinski definition) is 1. The van der Waals surface area contributed by atoms with Gasteiger partial charge in [0.1, 0.15) is 0 Å². The van der Waals surface area contributed by atoms with Gasteiger partial charge < -0.3 is 0 Å². The van der Waals surface area contributed by atoms with Gasteiger partial charge >= 0.3 is 5.76 Å². The predicted octanol–water partition coefficient (Wildman–Crippen LogP) is 2.54. The fraction of sp³-hybridized carbons (Fsp3) is 0.250. The lowest BCUT2D eigenvalue weighted by Crippen LogP contribution is -2.21. The maximum absolute atomic E-state index is 12.2.